The highest BCUT2D eigenvalue weighted by atomic mass is 19.1. The van der Waals surface area contributed by atoms with E-state index in [0.717, 1.165) is 0 Å². The summed E-state index contributed by atoms with van der Waals surface area (Å²) in [4.78, 5) is 20.8. The Morgan fingerprint density at radius 3 is 2.73 bits per heavy atom. The summed E-state index contributed by atoms with van der Waals surface area (Å²) < 4.78 is 18.5. The molecule has 0 atom stereocenters. The second-order valence-corrected chi connectivity index (χ2v) is 5.76. The van der Waals surface area contributed by atoms with Crippen LogP contribution in [0, 0.1) is 19.7 Å². The highest BCUT2D eigenvalue weighted by Crippen LogP contribution is 2.11. The molecule has 0 bridgehead atoms. The minimum Gasteiger partial charge on any atom is -0.360 e. The molecule has 0 saturated carbocycles. The number of benzene rings is 1. The van der Waals surface area contributed by atoms with Crippen molar-refractivity contribution >= 4 is 17.7 Å². The van der Waals surface area contributed by atoms with Gasteiger partial charge in [0.15, 0.2) is 5.82 Å². The molecule has 0 spiro atoms. The van der Waals surface area contributed by atoms with Gasteiger partial charge in [0.1, 0.15) is 17.3 Å². The van der Waals surface area contributed by atoms with E-state index in [-0.39, 0.29) is 11.5 Å². The van der Waals surface area contributed by atoms with Crippen LogP contribution in [0.3, 0.4) is 0 Å². The predicted molar refractivity (Wildman–Crippen MR) is 94.6 cm³/mol. The van der Waals surface area contributed by atoms with E-state index in [0.29, 0.717) is 41.7 Å². The van der Waals surface area contributed by atoms with E-state index in [9.17, 15) is 9.18 Å². The van der Waals surface area contributed by atoms with Gasteiger partial charge in [-0.05, 0) is 38.0 Å². The van der Waals surface area contributed by atoms with Gasteiger partial charge in [0.2, 0.25) is 5.95 Å². The number of nitrogens with zero attached hydrogens (tertiary/aromatic N) is 3. The van der Waals surface area contributed by atoms with Crippen LogP contribution >= 0.6 is 0 Å². The first-order valence-electron chi connectivity index (χ1n) is 8.09. The van der Waals surface area contributed by atoms with Crippen LogP contribution in [0.15, 0.2) is 40.9 Å². The monoisotopic (exact) mass is 355 g/mol. The van der Waals surface area contributed by atoms with Crippen LogP contribution in [0.1, 0.15) is 27.5 Å². The number of aryl methyl sites for hydroxylation is 2. The average molecular weight is 355 g/mol. The van der Waals surface area contributed by atoms with Gasteiger partial charge in [-0.3, -0.25) is 4.79 Å². The van der Waals surface area contributed by atoms with Crippen molar-refractivity contribution in [1.29, 1.82) is 0 Å². The van der Waals surface area contributed by atoms with Gasteiger partial charge >= 0.3 is 0 Å². The number of halogens is 1. The molecule has 2 N–H and O–H groups in total. The molecular formula is C18H18FN5O2. The van der Waals surface area contributed by atoms with Crippen LogP contribution in [0.5, 0.6) is 0 Å². The van der Waals surface area contributed by atoms with E-state index in [1.807, 2.05) is 0 Å². The second kappa shape index (κ2) is 7.73. The third kappa shape index (κ3) is 4.41. The number of anilines is 2. The number of carbonyl (C=O) groups is 1. The van der Waals surface area contributed by atoms with Gasteiger partial charge < -0.3 is 15.2 Å². The summed E-state index contributed by atoms with van der Waals surface area (Å²) in [5, 5.41) is 9.35. The van der Waals surface area contributed by atoms with E-state index in [1.165, 1.54) is 6.07 Å². The fourth-order valence-electron chi connectivity index (χ4n) is 2.38. The topological polar surface area (TPSA) is 92.9 Å². The molecule has 0 aliphatic carbocycles. The molecule has 26 heavy (non-hydrogen) atoms. The highest BCUT2D eigenvalue weighted by molar-refractivity contribution is 6.02. The van der Waals surface area contributed by atoms with E-state index in [2.05, 4.69) is 25.8 Å². The minimum atomic E-state index is -0.416. The Hall–Kier alpha value is -3.29. The van der Waals surface area contributed by atoms with Crippen molar-refractivity contribution in [2.45, 2.75) is 20.3 Å². The normalized spacial score (nSPS) is 10.6. The van der Waals surface area contributed by atoms with Crippen molar-refractivity contribution in [2.75, 3.05) is 17.2 Å². The lowest BCUT2D eigenvalue weighted by molar-refractivity contribution is 0.102. The first-order valence-corrected chi connectivity index (χ1v) is 8.09. The van der Waals surface area contributed by atoms with Gasteiger partial charge in [-0.2, -0.15) is 0 Å². The van der Waals surface area contributed by atoms with Crippen LogP contribution in [0.4, 0.5) is 16.2 Å². The Balaban J connectivity index is 1.65. The third-order valence-electron chi connectivity index (χ3n) is 3.59. The number of aromatic nitrogens is 3. The van der Waals surface area contributed by atoms with Gasteiger partial charge in [0, 0.05) is 18.3 Å². The predicted octanol–water partition coefficient (Wildman–Crippen LogP) is 3.13. The number of hydrogen-bond donors (Lipinski definition) is 2. The highest BCUT2D eigenvalue weighted by Gasteiger charge is 2.13. The van der Waals surface area contributed by atoms with E-state index >= 15 is 0 Å². The molecule has 3 rings (SSSR count). The van der Waals surface area contributed by atoms with E-state index in [1.54, 1.807) is 44.2 Å². The summed E-state index contributed by atoms with van der Waals surface area (Å²) >= 11 is 0. The van der Waals surface area contributed by atoms with Gasteiger partial charge in [-0.1, -0.05) is 23.4 Å². The van der Waals surface area contributed by atoms with Crippen molar-refractivity contribution < 1.29 is 13.7 Å². The van der Waals surface area contributed by atoms with Gasteiger partial charge in [-0.15, -0.1) is 0 Å². The summed E-state index contributed by atoms with van der Waals surface area (Å²) in [6, 6.07) is 9.77. The van der Waals surface area contributed by atoms with Gasteiger partial charge in [0.25, 0.3) is 5.91 Å². The maximum atomic E-state index is 13.6. The minimum absolute atomic E-state index is 0.201. The Labute approximate surface area is 149 Å². The molecule has 7 nitrogen and oxygen atoms in total. The fraction of sp³-hybridized carbons (Fsp3) is 0.222. The molecule has 1 amide bonds. The molecule has 134 valence electrons. The number of carbonyl (C=O) groups excluding carboxylic acids is 1. The van der Waals surface area contributed by atoms with Crippen LogP contribution in [0.2, 0.25) is 0 Å². The molecule has 0 aliphatic rings. The molecule has 0 fully saturated rings. The molecule has 2 heterocycles. The van der Waals surface area contributed by atoms with Crippen LogP contribution in [-0.4, -0.2) is 27.6 Å². The molecule has 3 aromatic rings. The zero-order chi connectivity index (χ0) is 18.5. The molecule has 8 heteroatoms. The third-order valence-corrected chi connectivity index (χ3v) is 3.59. The van der Waals surface area contributed by atoms with E-state index in [4.69, 9.17) is 4.52 Å². The van der Waals surface area contributed by atoms with Crippen molar-refractivity contribution in [1.82, 2.24) is 15.1 Å². The molecule has 0 saturated heterocycles. The lowest BCUT2D eigenvalue weighted by Gasteiger charge is -2.08. The zero-order valence-corrected chi connectivity index (χ0v) is 14.4. The second-order valence-electron chi connectivity index (χ2n) is 5.76. The maximum Gasteiger partial charge on any atom is 0.275 e. The molecule has 1 aromatic carbocycles. The largest absolute Gasteiger partial charge is 0.360 e. The Morgan fingerprint density at radius 1 is 1.19 bits per heavy atom. The fourth-order valence-corrected chi connectivity index (χ4v) is 2.38. The lowest BCUT2D eigenvalue weighted by atomic mass is 10.1. The lowest BCUT2D eigenvalue weighted by Crippen LogP contribution is -2.17. The van der Waals surface area contributed by atoms with Crippen molar-refractivity contribution in [3.05, 3.63) is 64.9 Å². The molecule has 0 unspecified atom stereocenters. The van der Waals surface area contributed by atoms with Crippen molar-refractivity contribution in [3.8, 4) is 0 Å². The number of rotatable bonds is 6. The summed E-state index contributed by atoms with van der Waals surface area (Å²) in [5.41, 5.74) is 1.44. The summed E-state index contributed by atoms with van der Waals surface area (Å²) in [6.45, 7) is 3.93. The van der Waals surface area contributed by atoms with Gasteiger partial charge in [-0.25, -0.2) is 14.4 Å². The van der Waals surface area contributed by atoms with Crippen LogP contribution in [0.25, 0.3) is 0 Å². The summed E-state index contributed by atoms with van der Waals surface area (Å²) in [5.74, 6) is 0.554. The van der Waals surface area contributed by atoms with Crippen LogP contribution in [-0.2, 0) is 6.42 Å². The Bertz CT molecular complexity index is 925. The first-order chi connectivity index (χ1) is 12.5. The van der Waals surface area contributed by atoms with Crippen molar-refractivity contribution in [3.63, 3.8) is 0 Å². The number of nitrogens with one attached hydrogen (secondary N) is 2. The molecular weight excluding hydrogens is 337 g/mol. The molecule has 0 aliphatic heterocycles. The standard InChI is InChI=1S/C18H18FN5O2/c1-11-9-15(17(25)23-16-10-12(2)26-24-16)22-18(21-11)20-8-7-13-5-3-4-6-14(13)19/h3-6,9-10H,7-8H2,1-2H3,(H,20,21,22)(H,23,24,25). The summed E-state index contributed by atoms with van der Waals surface area (Å²) in [7, 11) is 0. The SMILES string of the molecule is Cc1cc(C(=O)Nc2cc(C)on2)nc(NCCc2ccccc2F)n1. The first kappa shape index (κ1) is 17.5. The Morgan fingerprint density at radius 2 is 2.00 bits per heavy atom. The smallest absolute Gasteiger partial charge is 0.275 e. The van der Waals surface area contributed by atoms with E-state index < -0.39 is 5.91 Å². The average Bonchev–Trinajstić information content (AvgIpc) is 3.01. The Kier molecular flexibility index (Phi) is 5.21. The van der Waals surface area contributed by atoms with Gasteiger partial charge in [0.05, 0.1) is 0 Å². The van der Waals surface area contributed by atoms with Crippen LogP contribution < -0.4 is 10.6 Å². The molecule has 0 radical (unpaired) electrons. The zero-order valence-electron chi connectivity index (χ0n) is 14.4. The maximum absolute atomic E-state index is 13.6. The summed E-state index contributed by atoms with van der Waals surface area (Å²) in [6.07, 6.45) is 0.476. The van der Waals surface area contributed by atoms with Crippen molar-refractivity contribution in [2.24, 2.45) is 0 Å². The molecule has 2 aromatic heterocycles. The quantitative estimate of drug-likeness (QED) is 0.706. The number of amides is 1. The number of hydrogen-bond acceptors (Lipinski definition) is 6.